The minimum absolute atomic E-state index is 0.0162. The summed E-state index contributed by atoms with van der Waals surface area (Å²) in [5.74, 6) is 0.478. The van der Waals surface area contributed by atoms with E-state index in [1.165, 1.54) is 167 Å². The lowest BCUT2D eigenvalue weighted by Crippen LogP contribution is -2.32. The van der Waals surface area contributed by atoms with Crippen LogP contribution < -0.4 is 64.2 Å². The molecular weight excluding hydrogens is 1920 g/mol. The Morgan fingerprint density at radius 1 is 0.365 bits per heavy atom. The van der Waals surface area contributed by atoms with E-state index in [4.69, 9.17) is 47.3 Å². The van der Waals surface area contributed by atoms with Gasteiger partial charge in [0.15, 0.2) is 0 Å². The van der Waals surface area contributed by atoms with Gasteiger partial charge in [0, 0.05) is 207 Å². The van der Waals surface area contributed by atoms with E-state index in [9.17, 15) is 76.7 Å². The van der Waals surface area contributed by atoms with Crippen LogP contribution in [-0.2, 0) is 111 Å². The fourth-order valence-corrected chi connectivity index (χ4v) is 11.6. The van der Waals surface area contributed by atoms with Gasteiger partial charge in [-0.05, 0) is 172 Å². The number of rotatable bonds is 15. The van der Waals surface area contributed by atoms with Crippen molar-refractivity contribution in [3.8, 4) is 6.07 Å². The molecule has 45 heteroatoms. The molecule has 0 spiro atoms. The fourth-order valence-electron chi connectivity index (χ4n) is 11.6. The number of nitrogens with two attached hydrogens (primary N) is 1. The Morgan fingerprint density at radius 3 is 1.12 bits per heavy atom. The Labute approximate surface area is 864 Å². The van der Waals surface area contributed by atoms with Crippen molar-refractivity contribution in [2.75, 3.05) is 69.0 Å². The molecule has 5 saturated carbocycles. The SMILES string of the molecule is CC(=O)NC1CC1.CC(=O)NC1CCCC1.CC(=O)NC1CCOC1.CC(=O)Nc1cc(C(C)(C)C)no1.CC(=O)Nc1cc(C)no1.CC(=O)Nc1cc(C2CC2)no1.CC(=O)Nc1ccc(C#N)cc1.CC(=O)Nc1ccccc1.CC(=O)Nc1cccnc1.CC(=O)Nc1ccncc1.CC(=O)Nc1ccno1.CC(=O)OC(C)(C)C.CC(=O)OC1CC1.CC(=O)OC1CCCC1.CC(=O)OC1CCOC1.CC(N)=O. The largest absolute Gasteiger partial charge is 0.463 e. The van der Waals surface area contributed by atoms with E-state index < -0.39 is 0 Å². The van der Waals surface area contributed by atoms with E-state index in [-0.39, 0.29) is 130 Å². The van der Waals surface area contributed by atoms with Crippen molar-refractivity contribution in [3.63, 3.8) is 0 Å². The molecule has 2 saturated heterocycles. The van der Waals surface area contributed by atoms with E-state index in [0.29, 0.717) is 66.0 Å². The van der Waals surface area contributed by atoms with Crippen molar-refractivity contribution in [2.24, 2.45) is 5.73 Å². The van der Waals surface area contributed by atoms with Crippen LogP contribution in [0, 0.1) is 18.3 Å². The standard InChI is InChI=1S/C9H14N2O2.C9H8N2O.C8H10N2O2.C8H9NO.2C7H8N2O.C7H13NO.C7H12O2.C6H8N2O2.C6H11NO2.C6H10O3.C6H12O2.C5H6N2O2.C5H9NO.C5H8O2.C2H5NO/c1-6(12)10-8-5-7(11-13-8)9(2,3)4;1-7(12)11-9-4-2-8(6-10)3-5-9;1-5(11)9-8-4-7(10-12-8)6-2-3-6;1-7(10)9-8-5-3-2-4-6-8;1-6(10)9-7-2-4-8-5-3-7;1-6(10)9-7-3-2-4-8-5-7;1-6(9)8-7-4-2-3-5-7;1-6(8)9-7-4-2-3-5-7;1-4-3-6(10-8-4)7-5(2)9;1-5(8)7-6-2-3-9-4-6;1-5(7)9-6-2-3-8-4-6;1-5(7)8-6(2,3)4;1-4(8)7-5-2-3-6-9-5;1-4(7)6-5-2-3-5;1-4(6)7-5-2-3-5;1-2(3)4/h5H,1-4H3,(H,10,12);2-5H,1H3,(H,11,12);4,6H,2-3H2,1H3,(H,9,11);2-6H,1H3,(H,9,10);2-5H,1H3,(H,8,9,10);2-5H,1H3,(H,9,10);7H,2-5H2,1H3,(H,8,9);7H,2-5H2,1H3;3H,1-2H3,(H,7,9);6H,2-4H2,1H3,(H,7,8);6H,2-4H2,1H3;1-4H3;2-3H,1H3,(H,7,8);5H,2-3H2,1H3,(H,6,7);5H,2-3H2,1H3;1H3,(H2,3,4). The number of ether oxygens (including phenoxy) is 6. The van der Waals surface area contributed by atoms with Gasteiger partial charge in [0.1, 0.15) is 23.9 Å². The smallest absolute Gasteiger partial charge is 0.303 e. The van der Waals surface area contributed by atoms with Gasteiger partial charge in [-0.3, -0.25) is 108 Å². The summed E-state index contributed by atoms with van der Waals surface area (Å²) in [7, 11) is 0. The van der Waals surface area contributed by atoms with Gasteiger partial charge in [-0.15, -0.1) is 0 Å². The summed E-state index contributed by atoms with van der Waals surface area (Å²) >= 11 is 0. The molecule has 814 valence electrons. The van der Waals surface area contributed by atoms with E-state index in [0.717, 1.165) is 85.9 Å². The van der Waals surface area contributed by atoms with Crippen molar-refractivity contribution in [3.05, 3.63) is 157 Å². The number of nitrogens with zero attached hydrogens (tertiary/aromatic N) is 7. The monoisotopic (exact) mass is 2070 g/mol. The van der Waals surface area contributed by atoms with E-state index in [1.54, 1.807) is 118 Å². The molecule has 2 unspecified atom stereocenters. The third-order valence-corrected chi connectivity index (χ3v) is 17.7. The lowest BCUT2D eigenvalue weighted by Gasteiger charge is -2.17. The second-order valence-electron chi connectivity index (χ2n) is 35.6. The van der Waals surface area contributed by atoms with Crippen molar-refractivity contribution in [1.29, 1.82) is 5.26 Å². The highest BCUT2D eigenvalue weighted by Gasteiger charge is 2.28. The molecule has 148 heavy (non-hydrogen) atoms. The number of anilines is 8. The predicted octanol–water partition coefficient (Wildman–Crippen LogP) is 14.9. The lowest BCUT2D eigenvalue weighted by molar-refractivity contribution is -0.152. The first-order chi connectivity index (χ1) is 69.6. The maximum absolute atomic E-state index is 10.7. The second kappa shape index (κ2) is 76.1. The van der Waals surface area contributed by atoms with Crippen LogP contribution in [0.3, 0.4) is 0 Å². The first-order valence-corrected chi connectivity index (χ1v) is 47.9. The van der Waals surface area contributed by atoms with Gasteiger partial charge in [0.2, 0.25) is 94.4 Å². The minimum Gasteiger partial charge on any atom is -0.463 e. The number of carbonyl (C=O) groups excluding carboxylic acids is 16. The first-order valence-electron chi connectivity index (χ1n) is 47.9. The Hall–Kier alpha value is -15.5. The van der Waals surface area contributed by atoms with Gasteiger partial charge in [-0.1, -0.05) is 72.4 Å². The van der Waals surface area contributed by atoms with Crippen LogP contribution in [0.15, 0.2) is 152 Å². The quantitative estimate of drug-likeness (QED) is 0.0335. The zero-order valence-electron chi connectivity index (χ0n) is 89.2. The van der Waals surface area contributed by atoms with E-state index >= 15 is 0 Å². The third kappa shape index (κ3) is 82.9. The highest BCUT2D eigenvalue weighted by Crippen LogP contribution is 2.40. The van der Waals surface area contributed by atoms with Crippen LogP contribution in [0.2, 0.25) is 0 Å². The van der Waals surface area contributed by atoms with Gasteiger partial charge in [0.05, 0.1) is 72.7 Å². The van der Waals surface area contributed by atoms with Crippen molar-refractivity contribution < 1.29 is 123 Å². The molecule has 2 atom stereocenters. The maximum atomic E-state index is 10.7. The number of pyridine rings is 2. The highest BCUT2D eigenvalue weighted by molar-refractivity contribution is 5.91. The Morgan fingerprint density at radius 2 is 0.770 bits per heavy atom. The number of nitrogens with one attached hydrogen (secondary N) is 11. The number of aromatic nitrogens is 6. The van der Waals surface area contributed by atoms with Gasteiger partial charge in [-0.25, -0.2) is 0 Å². The van der Waals surface area contributed by atoms with Crippen molar-refractivity contribution >= 4 is 141 Å². The zero-order chi connectivity index (χ0) is 112. The zero-order valence-corrected chi connectivity index (χ0v) is 89.2. The van der Waals surface area contributed by atoms with Crippen LogP contribution in [-0.4, -0.2) is 194 Å². The molecule has 7 aliphatic rings. The molecule has 15 rings (SSSR count). The molecule has 45 nitrogen and oxygen atoms in total. The summed E-state index contributed by atoms with van der Waals surface area (Å²) in [5, 5.41) is 52.0. The number of benzene rings is 2. The molecule has 8 aromatic rings. The van der Waals surface area contributed by atoms with Crippen LogP contribution in [0.4, 0.5) is 46.3 Å². The van der Waals surface area contributed by atoms with Crippen molar-refractivity contribution in [2.45, 2.75) is 315 Å². The summed E-state index contributed by atoms with van der Waals surface area (Å²) in [6.45, 7) is 39.4. The summed E-state index contributed by atoms with van der Waals surface area (Å²) in [6.07, 6.45) is 26.7. The minimum atomic E-state index is -0.333. The third-order valence-electron chi connectivity index (χ3n) is 17.7. The number of amides is 12. The van der Waals surface area contributed by atoms with Crippen LogP contribution in [0.25, 0.3) is 0 Å². The Bertz CT molecular complexity index is 4990. The molecule has 2 aromatic carbocycles. The Balaban J connectivity index is 0.00000156. The van der Waals surface area contributed by atoms with E-state index in [1.807, 2.05) is 77.9 Å². The second-order valence-corrected chi connectivity index (χ2v) is 35.6. The average molecular weight is 2070 g/mol. The van der Waals surface area contributed by atoms with Crippen LogP contribution in [0.5, 0.6) is 0 Å². The Kier molecular flexibility index (Phi) is 68.2. The molecule has 7 fully saturated rings. The number of hydrogen-bond acceptors (Lipinski definition) is 33. The van der Waals surface area contributed by atoms with Crippen LogP contribution >= 0.6 is 0 Å². The molecule has 13 N–H and O–H groups in total. The summed E-state index contributed by atoms with van der Waals surface area (Å²) in [5.41, 5.74) is 10.3. The summed E-state index contributed by atoms with van der Waals surface area (Å²) in [6, 6.07) is 33.1. The molecule has 2 aliphatic heterocycles. The molecule has 5 aliphatic carbocycles. The number of primary amides is 1. The first kappa shape index (κ1) is 133. The number of hydrogen-bond donors (Lipinski definition) is 12. The predicted molar refractivity (Wildman–Crippen MR) is 554 cm³/mol. The van der Waals surface area contributed by atoms with Gasteiger partial charge in [-0.2, -0.15) is 5.26 Å². The van der Waals surface area contributed by atoms with Gasteiger partial charge >= 0.3 is 23.9 Å². The number of para-hydroxylation sites is 1. The molecule has 6 aromatic heterocycles. The summed E-state index contributed by atoms with van der Waals surface area (Å²) < 4.78 is 48.4. The van der Waals surface area contributed by atoms with Crippen LogP contribution in [0.1, 0.15) is 284 Å². The molecular formula is C103H151N19O26. The average Bonchev–Trinajstić information content (AvgIpc) is 1.67. The number of aryl methyl sites for hydroxylation is 1. The normalized spacial score (nSPS) is 14.2. The molecule has 0 bridgehead atoms. The number of nitriles is 1. The number of carbonyl (C=O) groups is 16. The highest BCUT2D eigenvalue weighted by atomic mass is 16.6. The fraction of sp³-hybridized carbons (Fsp3) is 0.505. The van der Waals surface area contributed by atoms with Gasteiger partial charge < -0.3 is 89.5 Å². The lowest BCUT2D eigenvalue weighted by atomic mass is 9.92. The topological polar surface area (TPSA) is 641 Å². The van der Waals surface area contributed by atoms with Gasteiger partial charge in [0.25, 0.3) is 0 Å². The number of esters is 4. The summed E-state index contributed by atoms with van der Waals surface area (Å²) in [4.78, 5) is 173. The molecule has 8 heterocycles. The van der Waals surface area contributed by atoms with Crippen molar-refractivity contribution in [1.82, 2.24) is 46.5 Å². The molecule has 12 amide bonds. The molecule has 0 radical (unpaired) electrons. The van der Waals surface area contributed by atoms with E-state index in [2.05, 4.69) is 99.3 Å². The maximum Gasteiger partial charge on any atom is 0.303 e.